The molecule has 0 radical (unpaired) electrons. The van der Waals surface area contributed by atoms with E-state index in [-0.39, 0.29) is 0 Å². The van der Waals surface area contributed by atoms with Crippen LogP contribution in [0.1, 0.15) is 63.9 Å². The maximum Gasteiger partial charge on any atom is 0.160 e. The second kappa shape index (κ2) is 7.58. The molecule has 0 aromatic carbocycles. The van der Waals surface area contributed by atoms with E-state index < -0.39 is 0 Å². The molecule has 4 heteroatoms. The van der Waals surface area contributed by atoms with Crippen molar-refractivity contribution in [1.29, 1.82) is 0 Å². The summed E-state index contributed by atoms with van der Waals surface area (Å²) < 4.78 is 5.99. The highest BCUT2D eigenvalue weighted by Crippen LogP contribution is 2.26. The van der Waals surface area contributed by atoms with Crippen LogP contribution in [-0.2, 0) is 6.54 Å². The zero-order chi connectivity index (χ0) is 14.4. The second-order valence-electron chi connectivity index (χ2n) is 5.94. The van der Waals surface area contributed by atoms with Gasteiger partial charge in [0.05, 0.1) is 18.5 Å². The Bertz CT molecular complexity index is 414. The summed E-state index contributed by atoms with van der Waals surface area (Å²) in [5.41, 5.74) is 0.989. The SMILES string of the molecule is CCNCc1nc(C(C)C)ncc1OCC1CCCC1. The monoisotopic (exact) mass is 277 g/mol. The minimum absolute atomic E-state index is 0.347. The second-order valence-corrected chi connectivity index (χ2v) is 5.94. The predicted molar refractivity (Wildman–Crippen MR) is 81.0 cm³/mol. The first-order valence-electron chi connectivity index (χ1n) is 7.90. The standard InChI is InChI=1S/C16H27N3O/c1-4-17-9-14-15(10-18-16(19-14)12(2)3)20-11-13-7-5-6-8-13/h10,12-13,17H,4-9,11H2,1-3H3. The van der Waals surface area contributed by atoms with Gasteiger partial charge >= 0.3 is 0 Å². The summed E-state index contributed by atoms with van der Waals surface area (Å²) in [4.78, 5) is 9.08. The third-order valence-electron chi connectivity index (χ3n) is 3.86. The molecule has 0 bridgehead atoms. The van der Waals surface area contributed by atoms with Crippen molar-refractivity contribution >= 4 is 0 Å². The van der Waals surface area contributed by atoms with Crippen LogP contribution in [-0.4, -0.2) is 23.1 Å². The van der Waals surface area contributed by atoms with Gasteiger partial charge in [0.15, 0.2) is 5.75 Å². The van der Waals surface area contributed by atoms with E-state index in [0.717, 1.165) is 37.0 Å². The highest BCUT2D eigenvalue weighted by molar-refractivity contribution is 5.25. The average Bonchev–Trinajstić information content (AvgIpc) is 2.96. The van der Waals surface area contributed by atoms with Gasteiger partial charge in [0, 0.05) is 12.5 Å². The lowest BCUT2D eigenvalue weighted by molar-refractivity contribution is 0.247. The third-order valence-corrected chi connectivity index (χ3v) is 3.86. The molecule has 20 heavy (non-hydrogen) atoms. The summed E-state index contributed by atoms with van der Waals surface area (Å²) in [7, 11) is 0. The summed E-state index contributed by atoms with van der Waals surface area (Å²) in [5, 5.41) is 3.33. The van der Waals surface area contributed by atoms with Gasteiger partial charge in [-0.15, -0.1) is 0 Å². The number of nitrogens with zero attached hydrogens (tertiary/aromatic N) is 2. The van der Waals surface area contributed by atoms with Gasteiger partial charge in [-0.25, -0.2) is 9.97 Å². The van der Waals surface area contributed by atoms with Gasteiger partial charge in [-0.05, 0) is 25.3 Å². The third kappa shape index (κ3) is 4.17. The molecule has 0 spiro atoms. The van der Waals surface area contributed by atoms with Crippen molar-refractivity contribution in [3.05, 3.63) is 17.7 Å². The number of aromatic nitrogens is 2. The highest BCUT2D eigenvalue weighted by atomic mass is 16.5. The molecule has 1 N–H and O–H groups in total. The topological polar surface area (TPSA) is 47.0 Å². The molecule has 1 heterocycles. The minimum Gasteiger partial charge on any atom is -0.490 e. The van der Waals surface area contributed by atoms with Crippen LogP contribution in [0.3, 0.4) is 0 Å². The number of hydrogen-bond acceptors (Lipinski definition) is 4. The van der Waals surface area contributed by atoms with Crippen LogP contribution in [0.25, 0.3) is 0 Å². The van der Waals surface area contributed by atoms with E-state index in [1.807, 2.05) is 6.20 Å². The normalized spacial score (nSPS) is 16.0. The van der Waals surface area contributed by atoms with E-state index in [0.29, 0.717) is 11.8 Å². The van der Waals surface area contributed by atoms with Crippen molar-refractivity contribution in [2.24, 2.45) is 5.92 Å². The van der Waals surface area contributed by atoms with Gasteiger partial charge in [0.1, 0.15) is 5.82 Å². The predicted octanol–water partition coefficient (Wildman–Crippen LogP) is 3.28. The van der Waals surface area contributed by atoms with E-state index in [1.54, 1.807) is 0 Å². The Kier molecular flexibility index (Phi) is 5.77. The maximum absolute atomic E-state index is 5.99. The van der Waals surface area contributed by atoms with E-state index in [9.17, 15) is 0 Å². The van der Waals surface area contributed by atoms with E-state index in [1.165, 1.54) is 25.7 Å². The quantitative estimate of drug-likeness (QED) is 0.831. The van der Waals surface area contributed by atoms with Crippen molar-refractivity contribution in [3.63, 3.8) is 0 Å². The Hall–Kier alpha value is -1.16. The lowest BCUT2D eigenvalue weighted by Crippen LogP contribution is -2.17. The fraction of sp³-hybridized carbons (Fsp3) is 0.750. The molecule has 0 amide bonds. The van der Waals surface area contributed by atoms with Gasteiger partial charge in [-0.1, -0.05) is 33.6 Å². The summed E-state index contributed by atoms with van der Waals surface area (Å²) in [6, 6.07) is 0. The molecule has 1 saturated carbocycles. The van der Waals surface area contributed by atoms with E-state index in [2.05, 4.69) is 36.1 Å². The van der Waals surface area contributed by atoms with Crippen LogP contribution in [0.15, 0.2) is 6.20 Å². The van der Waals surface area contributed by atoms with Crippen LogP contribution in [0.2, 0.25) is 0 Å². The van der Waals surface area contributed by atoms with Gasteiger partial charge in [0.25, 0.3) is 0 Å². The Balaban J connectivity index is 2.04. The molecule has 0 atom stereocenters. The van der Waals surface area contributed by atoms with E-state index >= 15 is 0 Å². The van der Waals surface area contributed by atoms with Gasteiger partial charge in [-0.3, -0.25) is 0 Å². The Morgan fingerprint density at radius 2 is 2.10 bits per heavy atom. The Morgan fingerprint density at radius 1 is 1.35 bits per heavy atom. The Labute approximate surface area is 122 Å². The lowest BCUT2D eigenvalue weighted by Gasteiger charge is -2.15. The smallest absolute Gasteiger partial charge is 0.160 e. The summed E-state index contributed by atoms with van der Waals surface area (Å²) in [6.07, 6.45) is 7.15. The molecular formula is C16H27N3O. The number of rotatable bonds is 7. The first kappa shape index (κ1) is 15.2. The molecule has 1 aliphatic rings. The van der Waals surface area contributed by atoms with Crippen molar-refractivity contribution in [3.8, 4) is 5.75 Å². The molecule has 4 nitrogen and oxygen atoms in total. The fourth-order valence-corrected chi connectivity index (χ4v) is 2.57. The summed E-state index contributed by atoms with van der Waals surface area (Å²) >= 11 is 0. The molecule has 1 aliphatic carbocycles. The van der Waals surface area contributed by atoms with Crippen molar-refractivity contribution in [2.75, 3.05) is 13.2 Å². The summed E-state index contributed by atoms with van der Waals surface area (Å²) in [6.45, 7) is 8.83. The van der Waals surface area contributed by atoms with Crippen LogP contribution >= 0.6 is 0 Å². The molecule has 1 fully saturated rings. The molecular weight excluding hydrogens is 250 g/mol. The molecule has 0 saturated heterocycles. The number of ether oxygens (including phenoxy) is 1. The first-order chi connectivity index (χ1) is 9.70. The van der Waals surface area contributed by atoms with Crippen molar-refractivity contribution in [1.82, 2.24) is 15.3 Å². The molecule has 1 aromatic rings. The molecule has 2 rings (SSSR count). The van der Waals surface area contributed by atoms with Gasteiger partial charge in [0.2, 0.25) is 0 Å². The van der Waals surface area contributed by atoms with Crippen LogP contribution < -0.4 is 10.1 Å². The van der Waals surface area contributed by atoms with Crippen LogP contribution in [0.4, 0.5) is 0 Å². The Morgan fingerprint density at radius 3 is 2.75 bits per heavy atom. The number of hydrogen-bond donors (Lipinski definition) is 1. The van der Waals surface area contributed by atoms with Crippen molar-refractivity contribution < 1.29 is 4.74 Å². The average molecular weight is 277 g/mol. The molecule has 0 unspecified atom stereocenters. The van der Waals surface area contributed by atoms with Gasteiger partial charge in [-0.2, -0.15) is 0 Å². The molecule has 112 valence electrons. The molecule has 0 aliphatic heterocycles. The summed E-state index contributed by atoms with van der Waals surface area (Å²) in [5.74, 6) is 2.80. The van der Waals surface area contributed by atoms with Crippen molar-refractivity contribution in [2.45, 2.75) is 58.9 Å². The maximum atomic E-state index is 5.99. The molecule has 1 aromatic heterocycles. The minimum atomic E-state index is 0.347. The highest BCUT2D eigenvalue weighted by Gasteiger charge is 2.17. The van der Waals surface area contributed by atoms with Crippen LogP contribution in [0, 0.1) is 5.92 Å². The number of nitrogens with one attached hydrogen (secondary N) is 1. The largest absolute Gasteiger partial charge is 0.490 e. The van der Waals surface area contributed by atoms with Crippen LogP contribution in [0.5, 0.6) is 5.75 Å². The van der Waals surface area contributed by atoms with E-state index in [4.69, 9.17) is 4.74 Å². The first-order valence-corrected chi connectivity index (χ1v) is 7.90. The lowest BCUT2D eigenvalue weighted by atomic mass is 10.1. The zero-order valence-corrected chi connectivity index (χ0v) is 13.0. The van der Waals surface area contributed by atoms with Gasteiger partial charge < -0.3 is 10.1 Å². The fourth-order valence-electron chi connectivity index (χ4n) is 2.57. The zero-order valence-electron chi connectivity index (χ0n) is 13.0.